The molecule has 1 saturated heterocycles. The molecule has 1 atom stereocenters. The molecule has 0 aliphatic carbocycles. The molecule has 1 aliphatic rings. The maximum absolute atomic E-state index is 13.9. The maximum atomic E-state index is 13.9. The first-order valence-electron chi connectivity index (χ1n) is 11.5. The number of benzene rings is 1. The highest BCUT2D eigenvalue weighted by Crippen LogP contribution is 2.34. The average Bonchev–Trinajstić information content (AvgIpc) is 3.25. The van der Waals surface area contributed by atoms with E-state index in [-0.39, 0.29) is 10.8 Å². The lowest BCUT2D eigenvalue weighted by Gasteiger charge is -2.30. The number of nitrogens with zero attached hydrogens (tertiary/aromatic N) is 4. The number of aliphatic imine (C=N–C) groups is 1. The normalized spacial score (nSPS) is 16.2. The van der Waals surface area contributed by atoms with E-state index < -0.39 is 11.9 Å². The second-order valence-corrected chi connectivity index (χ2v) is 8.60. The number of fused-ring (bicyclic) bond motifs is 1. The van der Waals surface area contributed by atoms with Gasteiger partial charge in [0.15, 0.2) is 0 Å². The topological polar surface area (TPSA) is 77.7 Å². The summed E-state index contributed by atoms with van der Waals surface area (Å²) < 4.78 is 15.7. The number of rotatable bonds is 6. The minimum atomic E-state index is -0.571. The maximum Gasteiger partial charge on any atom is 0.142 e. The van der Waals surface area contributed by atoms with Crippen molar-refractivity contribution in [2.45, 2.75) is 33.2 Å². The number of allylic oxidation sites excluding steroid dienone is 1. The average molecular weight is 485 g/mol. The molecule has 1 aliphatic heterocycles. The van der Waals surface area contributed by atoms with E-state index in [1.165, 1.54) is 6.07 Å². The molecule has 2 aromatic heterocycles. The number of piperazine rings is 1. The van der Waals surface area contributed by atoms with Gasteiger partial charge in [0.2, 0.25) is 0 Å². The Bertz CT molecular complexity index is 1230. The van der Waals surface area contributed by atoms with E-state index in [2.05, 4.69) is 22.6 Å². The Kier molecular flexibility index (Phi) is 7.38. The summed E-state index contributed by atoms with van der Waals surface area (Å²) in [5.41, 5.74) is 6.83. The summed E-state index contributed by atoms with van der Waals surface area (Å²) >= 11 is 6.11. The van der Waals surface area contributed by atoms with Crippen molar-refractivity contribution in [2.24, 2.45) is 4.99 Å². The lowest BCUT2D eigenvalue weighted by atomic mass is 10.1. The van der Waals surface area contributed by atoms with E-state index in [1.54, 1.807) is 4.68 Å². The Morgan fingerprint density at radius 2 is 2.06 bits per heavy atom. The number of nitrogens with one attached hydrogen (secondary N) is 2. The van der Waals surface area contributed by atoms with Crippen LogP contribution >= 0.6 is 11.6 Å². The van der Waals surface area contributed by atoms with Gasteiger partial charge in [0, 0.05) is 44.4 Å². The van der Waals surface area contributed by atoms with Gasteiger partial charge in [-0.05, 0) is 44.2 Å². The predicted molar refractivity (Wildman–Crippen MR) is 136 cm³/mol. The summed E-state index contributed by atoms with van der Waals surface area (Å²) in [5.74, 6) is 0.435. The molecule has 3 aromatic rings. The fraction of sp³-hybridized carbons (Fsp3) is 0.360. The van der Waals surface area contributed by atoms with Crippen LogP contribution < -0.4 is 10.7 Å². The summed E-state index contributed by atoms with van der Waals surface area (Å²) in [6.45, 7) is 9.74. The van der Waals surface area contributed by atoms with Gasteiger partial charge in [-0.1, -0.05) is 24.6 Å². The van der Waals surface area contributed by atoms with Gasteiger partial charge in [0.05, 0.1) is 33.5 Å². The zero-order valence-corrected chi connectivity index (χ0v) is 20.4. The fourth-order valence-electron chi connectivity index (χ4n) is 4.22. The molecule has 7 nitrogen and oxygen atoms in total. The van der Waals surface area contributed by atoms with Gasteiger partial charge in [-0.3, -0.25) is 4.68 Å². The first kappa shape index (κ1) is 24.0. The molecule has 0 spiro atoms. The number of hydrogen-bond acceptors (Lipinski definition) is 5. The molecule has 180 valence electrons. The van der Waals surface area contributed by atoms with E-state index in [4.69, 9.17) is 21.6 Å². The third-order valence-electron chi connectivity index (χ3n) is 6.00. The number of hydrogen-bond donors (Lipinski definition) is 3. The van der Waals surface area contributed by atoms with E-state index in [1.807, 2.05) is 44.3 Å². The molecule has 3 heterocycles. The van der Waals surface area contributed by atoms with Crippen molar-refractivity contribution in [3.63, 3.8) is 0 Å². The van der Waals surface area contributed by atoms with Gasteiger partial charge >= 0.3 is 0 Å². The van der Waals surface area contributed by atoms with Crippen LogP contribution in [0.15, 0.2) is 47.6 Å². The molecular weight excluding hydrogens is 455 g/mol. The molecule has 9 heteroatoms. The predicted octanol–water partition coefficient (Wildman–Crippen LogP) is 4.91. The van der Waals surface area contributed by atoms with Crippen LogP contribution in [-0.4, -0.2) is 51.7 Å². The highest BCUT2D eigenvalue weighted by Gasteiger charge is 2.19. The van der Waals surface area contributed by atoms with Gasteiger partial charge in [-0.15, -0.1) is 0 Å². The van der Waals surface area contributed by atoms with E-state index in [0.29, 0.717) is 5.56 Å². The Balaban J connectivity index is 1.59. The number of aromatic hydroxyl groups is 1. The van der Waals surface area contributed by atoms with Crippen LogP contribution in [0.1, 0.15) is 44.5 Å². The van der Waals surface area contributed by atoms with Crippen molar-refractivity contribution in [1.29, 1.82) is 0 Å². The molecule has 1 fully saturated rings. The fourth-order valence-corrected chi connectivity index (χ4v) is 4.54. The lowest BCUT2D eigenvalue weighted by Crippen LogP contribution is -2.46. The van der Waals surface area contributed by atoms with Crippen molar-refractivity contribution < 1.29 is 9.50 Å². The van der Waals surface area contributed by atoms with Crippen molar-refractivity contribution in [3.05, 3.63) is 64.7 Å². The second kappa shape index (κ2) is 10.4. The van der Waals surface area contributed by atoms with Crippen LogP contribution in [0.3, 0.4) is 0 Å². The van der Waals surface area contributed by atoms with Crippen molar-refractivity contribution in [1.82, 2.24) is 19.9 Å². The summed E-state index contributed by atoms with van der Waals surface area (Å²) in [7, 11) is 0. The second-order valence-electron chi connectivity index (χ2n) is 8.22. The van der Waals surface area contributed by atoms with Crippen LogP contribution in [0, 0.1) is 5.82 Å². The third kappa shape index (κ3) is 4.88. The highest BCUT2D eigenvalue weighted by molar-refractivity contribution is 6.31. The molecule has 0 radical (unpaired) electrons. The van der Waals surface area contributed by atoms with Crippen LogP contribution in [-0.2, 0) is 0 Å². The molecule has 34 heavy (non-hydrogen) atoms. The molecule has 4 rings (SSSR count). The number of pyridine rings is 1. The van der Waals surface area contributed by atoms with Crippen molar-refractivity contribution in [3.8, 4) is 5.75 Å². The van der Waals surface area contributed by atoms with Gasteiger partial charge in [0.1, 0.15) is 17.4 Å². The van der Waals surface area contributed by atoms with Crippen LogP contribution in [0.2, 0.25) is 5.02 Å². The van der Waals surface area contributed by atoms with Crippen molar-refractivity contribution >= 4 is 34.2 Å². The first-order chi connectivity index (χ1) is 16.4. The highest BCUT2D eigenvalue weighted by atomic mass is 35.5. The number of halogens is 2. The largest absolute Gasteiger partial charge is 0.508 e. The smallest absolute Gasteiger partial charge is 0.142 e. The van der Waals surface area contributed by atoms with Crippen LogP contribution in [0.25, 0.3) is 16.7 Å². The van der Waals surface area contributed by atoms with Crippen LogP contribution in [0.5, 0.6) is 5.75 Å². The molecule has 3 N–H and O–H groups in total. The summed E-state index contributed by atoms with van der Waals surface area (Å²) in [4.78, 5) is 12.1. The van der Waals surface area contributed by atoms with Gasteiger partial charge in [-0.25, -0.2) is 14.4 Å². The van der Waals surface area contributed by atoms with E-state index >= 15 is 0 Å². The van der Waals surface area contributed by atoms with E-state index in [9.17, 15) is 9.50 Å². The van der Waals surface area contributed by atoms with Gasteiger partial charge in [0.25, 0.3) is 0 Å². The van der Waals surface area contributed by atoms with Crippen LogP contribution in [0.4, 0.5) is 4.39 Å². The van der Waals surface area contributed by atoms with E-state index in [0.717, 1.165) is 66.9 Å². The quantitative estimate of drug-likeness (QED) is 0.342. The molecule has 0 saturated carbocycles. The Morgan fingerprint density at radius 1 is 1.29 bits per heavy atom. The lowest BCUT2D eigenvalue weighted by molar-refractivity contribution is 0.352. The van der Waals surface area contributed by atoms with Crippen molar-refractivity contribution in [2.75, 3.05) is 31.6 Å². The summed E-state index contributed by atoms with van der Waals surface area (Å²) in [6, 6.07) is 7.83. The SMILES string of the molecule is C/C=C(\N=C(CC)N1CCNCC1)c1ccc2c(ccn2NC(C)c2c(O)ccc(F)c2Cl)n1. The molecule has 1 aromatic carbocycles. The zero-order chi connectivity index (χ0) is 24.2. The molecule has 1 unspecified atom stereocenters. The molecule has 0 bridgehead atoms. The molecular formula is C25H30ClFN6O. The number of phenols is 1. The number of phenolic OH excluding ortho intramolecular Hbond substituents is 1. The minimum Gasteiger partial charge on any atom is -0.508 e. The third-order valence-corrected chi connectivity index (χ3v) is 6.39. The number of amidine groups is 1. The zero-order valence-electron chi connectivity index (χ0n) is 19.6. The standard InChI is InChI=1S/C25H30ClFN6O/c1-4-18(30-23(5-2)32-14-11-28-12-15-32)19-7-8-21-20(29-19)10-13-33(21)31-16(3)24-22(34)9-6-17(27)25(24)26/h4,6-10,13,16,28,31,34H,5,11-12,14-15H2,1-3H3/b18-4-,30-23?. The minimum absolute atomic E-state index is 0.0601. The Morgan fingerprint density at radius 3 is 2.76 bits per heavy atom. The summed E-state index contributed by atoms with van der Waals surface area (Å²) in [6.07, 6.45) is 4.68. The summed E-state index contributed by atoms with van der Waals surface area (Å²) in [5, 5.41) is 13.5. The Labute approximate surface area is 203 Å². The monoisotopic (exact) mass is 484 g/mol. The Hall–Kier alpha value is -3.10. The van der Waals surface area contributed by atoms with Gasteiger partial charge < -0.3 is 20.7 Å². The molecule has 0 amide bonds. The first-order valence-corrected chi connectivity index (χ1v) is 11.9. The van der Waals surface area contributed by atoms with Gasteiger partial charge in [-0.2, -0.15) is 0 Å². The number of aromatic nitrogens is 2.